The second-order valence-electron chi connectivity index (χ2n) is 12.4. The Morgan fingerprint density at radius 3 is 1.11 bits per heavy atom. The molecule has 0 aliphatic carbocycles. The molecule has 0 unspecified atom stereocenters. The summed E-state index contributed by atoms with van der Waals surface area (Å²) < 4.78 is 6.74. The van der Waals surface area contributed by atoms with Crippen LogP contribution >= 0.6 is 0 Å². The van der Waals surface area contributed by atoms with Gasteiger partial charge in [0.25, 0.3) is 0 Å². The van der Waals surface area contributed by atoms with E-state index in [1.165, 1.54) is 60.9 Å². The van der Waals surface area contributed by atoms with Crippen LogP contribution in [-0.2, 0) is 0 Å². The lowest BCUT2D eigenvalue weighted by molar-refractivity contribution is 0.491. The molecule has 186 valence electrons. The summed E-state index contributed by atoms with van der Waals surface area (Å²) in [6.07, 6.45) is 0. The van der Waals surface area contributed by atoms with Gasteiger partial charge in [0.05, 0.1) is 0 Å². The van der Waals surface area contributed by atoms with Gasteiger partial charge in [-0.15, -0.1) is 0 Å². The van der Waals surface area contributed by atoms with Crippen molar-refractivity contribution >= 4 is 31.4 Å². The fourth-order valence-corrected chi connectivity index (χ4v) is 6.64. The molecule has 0 amide bonds. The highest BCUT2D eigenvalue weighted by atomic mass is 28.4. The lowest BCUT2D eigenvalue weighted by Crippen LogP contribution is -2.57. The van der Waals surface area contributed by atoms with E-state index in [1.807, 2.05) is 0 Å². The van der Waals surface area contributed by atoms with Gasteiger partial charge in [0.15, 0.2) is 0 Å². The molecule has 0 bridgehead atoms. The first kappa shape index (κ1) is 27.3. The molecule has 0 saturated carbocycles. The highest BCUT2D eigenvalue weighted by Crippen LogP contribution is 2.37. The van der Waals surface area contributed by atoms with Crippen LogP contribution in [0.2, 0.25) is 18.1 Å². The molecule has 0 saturated heterocycles. The molecule has 0 spiro atoms. The molecule has 0 fully saturated rings. The standard InChI is InChI=1S/C32H45BOSi/c1-20-14-22(3)29(23(4)15-20)33(30-24(5)16-21(2)17-25(30)6)31-26(7)18-28(19-27(31)8)34-35(12,13)32(9,10)11/h14-19H,1-13H3. The van der Waals surface area contributed by atoms with Gasteiger partial charge in [0.1, 0.15) is 5.75 Å². The molecule has 3 heteroatoms. The number of hydrogen-bond acceptors (Lipinski definition) is 1. The Bertz CT molecular complexity index is 1140. The van der Waals surface area contributed by atoms with E-state index in [0.29, 0.717) is 0 Å². The van der Waals surface area contributed by atoms with Crippen LogP contribution in [0.4, 0.5) is 0 Å². The minimum Gasteiger partial charge on any atom is -0.543 e. The number of hydrogen-bond donors (Lipinski definition) is 0. The Hall–Kier alpha value is -2.26. The first-order valence-electron chi connectivity index (χ1n) is 13.0. The third-order valence-electron chi connectivity index (χ3n) is 8.09. The van der Waals surface area contributed by atoms with E-state index < -0.39 is 8.32 Å². The van der Waals surface area contributed by atoms with Crippen LogP contribution in [0.15, 0.2) is 36.4 Å². The van der Waals surface area contributed by atoms with Gasteiger partial charge in [-0.25, -0.2) is 0 Å². The van der Waals surface area contributed by atoms with Gasteiger partial charge < -0.3 is 4.43 Å². The van der Waals surface area contributed by atoms with Gasteiger partial charge >= 0.3 is 0 Å². The van der Waals surface area contributed by atoms with Crippen molar-refractivity contribution < 1.29 is 4.43 Å². The van der Waals surface area contributed by atoms with E-state index in [0.717, 1.165) is 5.75 Å². The van der Waals surface area contributed by atoms with E-state index in [4.69, 9.17) is 4.43 Å². The van der Waals surface area contributed by atoms with Gasteiger partial charge in [-0.1, -0.05) is 106 Å². The Morgan fingerprint density at radius 1 is 0.543 bits per heavy atom. The molecule has 0 N–H and O–H groups in total. The summed E-state index contributed by atoms with van der Waals surface area (Å²) in [6, 6.07) is 13.9. The van der Waals surface area contributed by atoms with Crippen molar-refractivity contribution in [2.24, 2.45) is 0 Å². The Kier molecular flexibility index (Phi) is 7.54. The van der Waals surface area contributed by atoms with Crippen LogP contribution in [0.5, 0.6) is 5.75 Å². The second-order valence-corrected chi connectivity index (χ2v) is 17.1. The third kappa shape index (κ3) is 5.46. The largest absolute Gasteiger partial charge is 0.543 e. The molecule has 35 heavy (non-hydrogen) atoms. The highest BCUT2D eigenvalue weighted by molar-refractivity contribution is 6.97. The van der Waals surface area contributed by atoms with Crippen LogP contribution in [0.3, 0.4) is 0 Å². The molecule has 0 atom stereocenters. The van der Waals surface area contributed by atoms with Crippen LogP contribution in [0, 0.1) is 55.4 Å². The van der Waals surface area contributed by atoms with Gasteiger partial charge in [-0.3, -0.25) is 0 Å². The van der Waals surface area contributed by atoms with Gasteiger partial charge in [-0.2, -0.15) is 0 Å². The molecule has 0 radical (unpaired) electrons. The lowest BCUT2D eigenvalue weighted by Gasteiger charge is -2.37. The van der Waals surface area contributed by atoms with Crippen molar-refractivity contribution in [3.63, 3.8) is 0 Å². The van der Waals surface area contributed by atoms with Gasteiger partial charge in [0.2, 0.25) is 15.0 Å². The van der Waals surface area contributed by atoms with Crippen molar-refractivity contribution in [2.45, 2.75) is 94.3 Å². The Labute approximate surface area is 216 Å². The summed E-state index contributed by atoms with van der Waals surface area (Å²) in [5, 5.41) is 0.169. The number of rotatable bonds is 5. The van der Waals surface area contributed by atoms with E-state index >= 15 is 0 Å². The summed E-state index contributed by atoms with van der Waals surface area (Å²) in [6.45, 7) is 29.8. The molecule has 0 heterocycles. The molecule has 3 aromatic carbocycles. The van der Waals surface area contributed by atoms with E-state index in [1.54, 1.807) is 0 Å². The van der Waals surface area contributed by atoms with Gasteiger partial charge in [0, 0.05) is 0 Å². The highest BCUT2D eigenvalue weighted by Gasteiger charge is 2.39. The normalized spacial score (nSPS) is 12.1. The average molecular weight is 485 g/mol. The predicted octanol–water partition coefficient (Wildman–Crippen LogP) is 7.05. The lowest BCUT2D eigenvalue weighted by atomic mass is 9.33. The van der Waals surface area contributed by atoms with Crippen molar-refractivity contribution in [3.8, 4) is 5.75 Å². The zero-order valence-electron chi connectivity index (χ0n) is 24.4. The molecule has 0 aliphatic heterocycles. The van der Waals surface area contributed by atoms with Crippen molar-refractivity contribution in [1.29, 1.82) is 0 Å². The quantitative estimate of drug-likeness (QED) is 0.353. The smallest absolute Gasteiger partial charge is 0.250 e. The first-order chi connectivity index (χ1) is 16.0. The van der Waals surface area contributed by atoms with Crippen LogP contribution in [0.25, 0.3) is 0 Å². The third-order valence-corrected chi connectivity index (χ3v) is 12.4. The zero-order chi connectivity index (χ0) is 26.5. The molecule has 3 aromatic rings. The minimum absolute atomic E-state index is 0.169. The maximum absolute atomic E-state index is 6.74. The average Bonchev–Trinajstić information content (AvgIpc) is 2.64. The maximum atomic E-state index is 6.74. The van der Waals surface area contributed by atoms with E-state index in [2.05, 4.69) is 126 Å². The monoisotopic (exact) mass is 484 g/mol. The summed E-state index contributed by atoms with van der Waals surface area (Å²) in [7, 11) is -1.91. The van der Waals surface area contributed by atoms with Crippen LogP contribution in [-0.4, -0.2) is 15.0 Å². The second kappa shape index (κ2) is 9.65. The van der Waals surface area contributed by atoms with Crippen LogP contribution < -0.4 is 20.8 Å². The molecule has 0 aromatic heterocycles. The summed E-state index contributed by atoms with van der Waals surface area (Å²) in [5.41, 5.74) is 15.0. The predicted molar refractivity (Wildman–Crippen MR) is 160 cm³/mol. The van der Waals surface area contributed by atoms with E-state index in [-0.39, 0.29) is 11.8 Å². The SMILES string of the molecule is Cc1cc(C)c(B(c2c(C)cc(C)cc2C)c2c(C)cc(O[Si](C)(C)C(C)(C)C)cc2C)c(C)c1. The fourth-order valence-electron chi connectivity index (χ4n) is 5.62. The minimum atomic E-state index is -1.91. The Morgan fingerprint density at radius 2 is 0.829 bits per heavy atom. The summed E-state index contributed by atoms with van der Waals surface area (Å²) in [5.74, 6) is 1.02. The zero-order valence-corrected chi connectivity index (χ0v) is 25.4. The van der Waals surface area contributed by atoms with Crippen LogP contribution in [0.1, 0.15) is 65.3 Å². The van der Waals surface area contributed by atoms with Gasteiger partial charge in [-0.05, 0) is 85.7 Å². The first-order valence-corrected chi connectivity index (χ1v) is 15.9. The molecular weight excluding hydrogens is 439 g/mol. The molecule has 0 aliphatic rings. The number of aryl methyl sites for hydroxylation is 8. The van der Waals surface area contributed by atoms with Crippen molar-refractivity contribution in [1.82, 2.24) is 0 Å². The Balaban J connectivity index is 2.31. The molecule has 1 nitrogen and oxygen atoms in total. The van der Waals surface area contributed by atoms with Crippen molar-refractivity contribution in [2.75, 3.05) is 0 Å². The van der Waals surface area contributed by atoms with E-state index in [9.17, 15) is 0 Å². The molecule has 3 rings (SSSR count). The summed E-state index contributed by atoms with van der Waals surface area (Å²) in [4.78, 5) is 0. The van der Waals surface area contributed by atoms with Crippen molar-refractivity contribution in [3.05, 3.63) is 80.9 Å². The topological polar surface area (TPSA) is 9.23 Å². The summed E-state index contributed by atoms with van der Waals surface area (Å²) >= 11 is 0. The fraction of sp³-hybridized carbons (Fsp3) is 0.438. The molecular formula is C32H45BOSi. The maximum Gasteiger partial charge on any atom is 0.250 e. The number of benzene rings is 3.